The number of hydrogen-bond donors (Lipinski definition) is 0. The summed E-state index contributed by atoms with van der Waals surface area (Å²) in [7, 11) is 1.98. The maximum absolute atomic E-state index is 12.5. The second-order valence-electron chi connectivity index (χ2n) is 7.30. The van der Waals surface area contributed by atoms with Crippen LogP contribution < -0.4 is 0 Å². The highest BCUT2D eigenvalue weighted by molar-refractivity contribution is 7.11. The van der Waals surface area contributed by atoms with E-state index >= 15 is 0 Å². The Morgan fingerprint density at radius 1 is 1.30 bits per heavy atom. The number of nitrogens with zero attached hydrogens (tertiary/aromatic N) is 5. The van der Waals surface area contributed by atoms with Crippen molar-refractivity contribution >= 4 is 17.2 Å². The fraction of sp³-hybridized carbons (Fsp3) is 0.650. The third kappa shape index (κ3) is 7.30. The monoisotopic (exact) mass is 387 g/mol. The first-order chi connectivity index (χ1) is 13.0. The molecule has 1 aliphatic heterocycles. The maximum atomic E-state index is 12.5. The SMILES string of the molecule is Cc1ccc(CN2CC[C@@H](CN(C)CC(=O)N(CCC#N)CCC#N)C2)s1. The average Bonchev–Trinajstić information content (AvgIpc) is 3.23. The van der Waals surface area contributed by atoms with Crippen LogP contribution in [0.3, 0.4) is 0 Å². The molecular formula is C20H29N5OS. The molecule has 1 saturated heterocycles. The summed E-state index contributed by atoms with van der Waals surface area (Å²) in [6.07, 6.45) is 1.77. The summed E-state index contributed by atoms with van der Waals surface area (Å²) < 4.78 is 0. The third-order valence-corrected chi connectivity index (χ3v) is 5.85. The number of nitriles is 2. The number of thiophene rings is 1. The van der Waals surface area contributed by atoms with Gasteiger partial charge in [0.2, 0.25) is 5.91 Å². The van der Waals surface area contributed by atoms with Crippen LogP contribution >= 0.6 is 11.3 Å². The van der Waals surface area contributed by atoms with Crippen molar-refractivity contribution in [2.75, 3.05) is 46.3 Å². The summed E-state index contributed by atoms with van der Waals surface area (Å²) in [4.78, 5) is 21.5. The van der Waals surface area contributed by atoms with Gasteiger partial charge in [-0.1, -0.05) is 0 Å². The van der Waals surface area contributed by atoms with Crippen LogP contribution in [0.5, 0.6) is 0 Å². The molecule has 1 amide bonds. The topological polar surface area (TPSA) is 74.4 Å². The van der Waals surface area contributed by atoms with Crippen LogP contribution in [0, 0.1) is 35.5 Å². The predicted molar refractivity (Wildman–Crippen MR) is 107 cm³/mol. The van der Waals surface area contributed by atoms with Crippen LogP contribution in [0.1, 0.15) is 29.0 Å². The van der Waals surface area contributed by atoms with E-state index in [1.807, 2.05) is 18.4 Å². The van der Waals surface area contributed by atoms with Crippen molar-refractivity contribution in [3.8, 4) is 12.1 Å². The Morgan fingerprint density at radius 2 is 2.00 bits per heavy atom. The zero-order valence-electron chi connectivity index (χ0n) is 16.4. The van der Waals surface area contributed by atoms with E-state index < -0.39 is 0 Å². The quantitative estimate of drug-likeness (QED) is 0.616. The van der Waals surface area contributed by atoms with E-state index in [9.17, 15) is 4.79 Å². The molecule has 1 aromatic heterocycles. The number of carbonyl (C=O) groups is 1. The molecule has 2 heterocycles. The minimum Gasteiger partial charge on any atom is -0.340 e. The Bertz CT molecular complexity index is 671. The number of likely N-dealkylation sites (N-methyl/N-ethyl adjacent to an activating group) is 1. The highest BCUT2D eigenvalue weighted by Crippen LogP contribution is 2.23. The van der Waals surface area contributed by atoms with Crippen molar-refractivity contribution in [2.45, 2.75) is 32.7 Å². The molecule has 0 spiro atoms. The first-order valence-corrected chi connectivity index (χ1v) is 10.3. The maximum Gasteiger partial charge on any atom is 0.236 e. The molecule has 6 nitrogen and oxygen atoms in total. The number of amides is 1. The molecule has 0 N–H and O–H groups in total. The highest BCUT2D eigenvalue weighted by Gasteiger charge is 2.25. The van der Waals surface area contributed by atoms with Gasteiger partial charge in [0.05, 0.1) is 31.5 Å². The molecular weight excluding hydrogens is 358 g/mol. The van der Waals surface area contributed by atoms with Crippen LogP contribution in [0.4, 0.5) is 0 Å². The molecule has 7 heteroatoms. The molecule has 146 valence electrons. The molecule has 1 aliphatic rings. The van der Waals surface area contributed by atoms with Crippen molar-refractivity contribution in [1.82, 2.24) is 14.7 Å². The van der Waals surface area contributed by atoms with Gasteiger partial charge in [0.25, 0.3) is 0 Å². The van der Waals surface area contributed by atoms with Gasteiger partial charge in [-0.2, -0.15) is 10.5 Å². The van der Waals surface area contributed by atoms with Crippen LogP contribution in [-0.4, -0.2) is 66.9 Å². The van der Waals surface area contributed by atoms with Gasteiger partial charge in [0, 0.05) is 42.5 Å². The van der Waals surface area contributed by atoms with E-state index in [1.54, 1.807) is 4.90 Å². The summed E-state index contributed by atoms with van der Waals surface area (Å²) in [5.74, 6) is 0.586. The number of likely N-dealkylation sites (tertiary alicyclic amines) is 1. The molecule has 2 rings (SSSR count). The lowest BCUT2D eigenvalue weighted by atomic mass is 10.1. The highest BCUT2D eigenvalue weighted by atomic mass is 32.1. The fourth-order valence-corrected chi connectivity index (χ4v) is 4.50. The Morgan fingerprint density at radius 3 is 2.59 bits per heavy atom. The Kier molecular flexibility index (Phi) is 8.74. The van der Waals surface area contributed by atoms with Gasteiger partial charge in [-0.05, 0) is 45.0 Å². The molecule has 1 fully saturated rings. The minimum absolute atomic E-state index is 0.00640. The molecule has 1 atom stereocenters. The van der Waals surface area contributed by atoms with E-state index in [1.165, 1.54) is 9.75 Å². The minimum atomic E-state index is 0.00640. The van der Waals surface area contributed by atoms with Crippen molar-refractivity contribution in [2.24, 2.45) is 5.92 Å². The summed E-state index contributed by atoms with van der Waals surface area (Å²) in [6.45, 7) is 7.40. The Labute approximate surface area is 166 Å². The van der Waals surface area contributed by atoms with E-state index in [-0.39, 0.29) is 5.91 Å². The van der Waals surface area contributed by atoms with Gasteiger partial charge in [0.1, 0.15) is 0 Å². The molecule has 0 saturated carbocycles. The lowest BCUT2D eigenvalue weighted by Gasteiger charge is -2.25. The first-order valence-electron chi connectivity index (χ1n) is 9.49. The van der Waals surface area contributed by atoms with Crippen molar-refractivity contribution < 1.29 is 4.79 Å². The number of rotatable bonds is 10. The first kappa shape index (κ1) is 21.4. The van der Waals surface area contributed by atoms with Crippen LogP contribution in [-0.2, 0) is 11.3 Å². The Hall–Kier alpha value is -1.93. The molecule has 0 radical (unpaired) electrons. The second-order valence-corrected chi connectivity index (χ2v) is 8.67. The average molecular weight is 388 g/mol. The summed E-state index contributed by atoms with van der Waals surface area (Å²) in [5, 5.41) is 17.5. The lowest BCUT2D eigenvalue weighted by molar-refractivity contribution is -0.132. The van der Waals surface area contributed by atoms with Gasteiger partial charge in [-0.3, -0.25) is 14.6 Å². The lowest BCUT2D eigenvalue weighted by Crippen LogP contribution is -2.41. The zero-order valence-corrected chi connectivity index (χ0v) is 17.2. The number of carbonyl (C=O) groups excluding carboxylic acids is 1. The predicted octanol–water partition coefficient (Wildman–Crippen LogP) is 2.47. The van der Waals surface area contributed by atoms with E-state index in [0.29, 0.717) is 38.4 Å². The smallest absolute Gasteiger partial charge is 0.236 e. The summed E-state index contributed by atoms with van der Waals surface area (Å²) in [5.41, 5.74) is 0. The molecule has 27 heavy (non-hydrogen) atoms. The zero-order chi connectivity index (χ0) is 19.6. The van der Waals surface area contributed by atoms with Crippen LogP contribution in [0.2, 0.25) is 0 Å². The van der Waals surface area contributed by atoms with Gasteiger partial charge in [0.15, 0.2) is 0 Å². The van der Waals surface area contributed by atoms with E-state index in [0.717, 1.165) is 32.6 Å². The van der Waals surface area contributed by atoms with Crippen molar-refractivity contribution in [1.29, 1.82) is 10.5 Å². The van der Waals surface area contributed by atoms with Crippen molar-refractivity contribution in [3.05, 3.63) is 21.9 Å². The summed E-state index contributed by atoms with van der Waals surface area (Å²) in [6, 6.07) is 8.54. The van der Waals surface area contributed by atoms with Gasteiger partial charge in [-0.25, -0.2) is 0 Å². The third-order valence-electron chi connectivity index (χ3n) is 4.86. The van der Waals surface area contributed by atoms with E-state index in [2.05, 4.69) is 41.0 Å². The normalized spacial score (nSPS) is 17.0. The number of aryl methyl sites for hydroxylation is 1. The molecule has 0 unspecified atom stereocenters. The molecule has 0 aromatic carbocycles. The van der Waals surface area contributed by atoms with Gasteiger partial charge >= 0.3 is 0 Å². The fourth-order valence-electron chi connectivity index (χ4n) is 3.56. The second kappa shape index (κ2) is 11.0. The molecule has 0 bridgehead atoms. The Balaban J connectivity index is 1.75. The van der Waals surface area contributed by atoms with Crippen LogP contribution in [0.25, 0.3) is 0 Å². The molecule has 0 aliphatic carbocycles. The van der Waals surface area contributed by atoms with Gasteiger partial charge in [-0.15, -0.1) is 11.3 Å². The van der Waals surface area contributed by atoms with Crippen molar-refractivity contribution in [3.63, 3.8) is 0 Å². The number of hydrogen-bond acceptors (Lipinski definition) is 6. The molecule has 1 aromatic rings. The van der Waals surface area contributed by atoms with E-state index in [4.69, 9.17) is 10.5 Å². The largest absolute Gasteiger partial charge is 0.340 e. The van der Waals surface area contributed by atoms with Gasteiger partial charge < -0.3 is 4.90 Å². The summed E-state index contributed by atoms with van der Waals surface area (Å²) >= 11 is 1.87. The van der Waals surface area contributed by atoms with Crippen LogP contribution in [0.15, 0.2) is 12.1 Å². The standard InChI is InChI=1S/C20H29N5OS/c1-17-5-6-19(27-17)15-24-12-7-18(14-24)13-23(2)16-20(26)25(10-3-8-21)11-4-9-22/h5-6,18H,3-4,7,10-16H2,1-2H3/t18-/m0/s1.